The Hall–Kier alpha value is -2.02. The standard InChI is InChI=1S/C20H20Br2N2O6S2/c1-5-29-18(26)13-9(3)15(19(27)30-6-2)32-17(13)24-20(31)23-16(25)11-7-10(21)8-12(22)14(11)28-4/h7-8H,5-6H2,1-4H3,(H2,23,24,25,31). The van der Waals surface area contributed by atoms with Crippen molar-refractivity contribution in [3.05, 3.63) is 42.6 Å². The first-order valence-electron chi connectivity index (χ1n) is 9.27. The highest BCUT2D eigenvalue weighted by Gasteiger charge is 2.27. The normalized spacial score (nSPS) is 10.3. The van der Waals surface area contributed by atoms with E-state index in [1.165, 1.54) is 7.11 Å². The van der Waals surface area contributed by atoms with E-state index in [4.69, 9.17) is 26.4 Å². The fourth-order valence-electron chi connectivity index (χ4n) is 2.68. The second kappa shape index (κ2) is 11.7. The van der Waals surface area contributed by atoms with Crippen molar-refractivity contribution in [1.29, 1.82) is 0 Å². The number of nitrogens with one attached hydrogen (secondary N) is 2. The zero-order valence-corrected chi connectivity index (χ0v) is 22.4. The number of anilines is 1. The van der Waals surface area contributed by atoms with Gasteiger partial charge in [-0.15, -0.1) is 11.3 Å². The summed E-state index contributed by atoms with van der Waals surface area (Å²) in [4.78, 5) is 37.8. The van der Waals surface area contributed by atoms with Gasteiger partial charge in [-0.1, -0.05) is 15.9 Å². The zero-order valence-electron chi connectivity index (χ0n) is 17.6. The average molecular weight is 608 g/mol. The Balaban J connectivity index is 2.33. The minimum atomic E-state index is -0.619. The molecule has 0 aliphatic rings. The molecule has 1 heterocycles. The van der Waals surface area contributed by atoms with Crippen LogP contribution in [0.4, 0.5) is 5.00 Å². The molecule has 0 bridgehead atoms. The number of hydrogen-bond acceptors (Lipinski definition) is 8. The molecule has 0 aliphatic heterocycles. The molecule has 2 rings (SSSR count). The molecule has 32 heavy (non-hydrogen) atoms. The smallest absolute Gasteiger partial charge is 0.348 e. The number of thiocarbonyl (C=S) groups is 1. The van der Waals surface area contributed by atoms with E-state index in [1.807, 2.05) is 0 Å². The summed E-state index contributed by atoms with van der Waals surface area (Å²) in [7, 11) is 1.44. The van der Waals surface area contributed by atoms with Crippen molar-refractivity contribution in [2.75, 3.05) is 25.6 Å². The van der Waals surface area contributed by atoms with Crippen LogP contribution in [0, 0.1) is 6.92 Å². The monoisotopic (exact) mass is 606 g/mol. The van der Waals surface area contributed by atoms with E-state index >= 15 is 0 Å². The number of halogens is 2. The molecular formula is C20H20Br2N2O6S2. The van der Waals surface area contributed by atoms with Crippen LogP contribution < -0.4 is 15.4 Å². The maximum atomic E-state index is 12.8. The van der Waals surface area contributed by atoms with Gasteiger partial charge >= 0.3 is 11.9 Å². The Kier molecular flexibility index (Phi) is 9.62. The van der Waals surface area contributed by atoms with Crippen molar-refractivity contribution < 1.29 is 28.6 Å². The molecule has 0 fully saturated rings. The summed E-state index contributed by atoms with van der Waals surface area (Å²) in [6.45, 7) is 5.32. The Morgan fingerprint density at radius 3 is 2.31 bits per heavy atom. The van der Waals surface area contributed by atoms with E-state index in [-0.39, 0.29) is 39.3 Å². The van der Waals surface area contributed by atoms with Gasteiger partial charge in [-0.05, 0) is 66.6 Å². The number of thiophene rings is 1. The van der Waals surface area contributed by atoms with Crippen LogP contribution in [0.1, 0.15) is 49.8 Å². The summed E-state index contributed by atoms with van der Waals surface area (Å²) in [6.07, 6.45) is 0. The molecule has 0 aliphatic carbocycles. The second-order valence-corrected chi connectivity index (χ2v) is 9.28. The molecule has 0 atom stereocenters. The zero-order chi connectivity index (χ0) is 24.0. The number of rotatable bonds is 7. The minimum absolute atomic E-state index is 0.0737. The van der Waals surface area contributed by atoms with Crippen LogP contribution in [0.25, 0.3) is 0 Å². The van der Waals surface area contributed by atoms with Crippen molar-refractivity contribution in [3.8, 4) is 5.75 Å². The summed E-state index contributed by atoms with van der Waals surface area (Å²) in [5.74, 6) is -1.38. The van der Waals surface area contributed by atoms with Crippen LogP contribution in [0.15, 0.2) is 21.1 Å². The van der Waals surface area contributed by atoms with Crippen LogP contribution in [-0.4, -0.2) is 43.3 Å². The summed E-state index contributed by atoms with van der Waals surface area (Å²) in [5.41, 5.74) is 0.790. The average Bonchev–Trinajstić information content (AvgIpc) is 3.03. The maximum absolute atomic E-state index is 12.8. The molecular weight excluding hydrogens is 588 g/mol. The summed E-state index contributed by atoms with van der Waals surface area (Å²) in [5, 5.41) is 5.56. The first kappa shape index (κ1) is 26.2. The fraction of sp³-hybridized carbons (Fsp3) is 0.300. The molecule has 0 unspecified atom stereocenters. The SMILES string of the molecule is CCOC(=O)c1sc(NC(=S)NC(=O)c2cc(Br)cc(Br)c2OC)c(C(=O)OCC)c1C. The van der Waals surface area contributed by atoms with Gasteiger partial charge in [0.05, 0.1) is 35.9 Å². The van der Waals surface area contributed by atoms with Gasteiger partial charge in [0, 0.05) is 4.47 Å². The van der Waals surface area contributed by atoms with Crippen molar-refractivity contribution in [2.24, 2.45) is 0 Å². The van der Waals surface area contributed by atoms with Crippen LogP contribution in [0.5, 0.6) is 5.75 Å². The van der Waals surface area contributed by atoms with Gasteiger partial charge in [-0.2, -0.15) is 0 Å². The fourth-order valence-corrected chi connectivity index (χ4v) is 5.42. The van der Waals surface area contributed by atoms with Crippen molar-refractivity contribution in [2.45, 2.75) is 20.8 Å². The Morgan fingerprint density at radius 1 is 1.09 bits per heavy atom. The molecule has 0 saturated heterocycles. The topological polar surface area (TPSA) is 103 Å². The first-order chi connectivity index (χ1) is 15.1. The third kappa shape index (κ3) is 6.06. The van der Waals surface area contributed by atoms with E-state index in [2.05, 4.69) is 42.5 Å². The van der Waals surface area contributed by atoms with Crippen LogP contribution in [0.3, 0.4) is 0 Å². The first-order valence-corrected chi connectivity index (χ1v) is 12.1. The largest absolute Gasteiger partial charge is 0.495 e. The summed E-state index contributed by atoms with van der Waals surface area (Å²) in [6, 6.07) is 3.32. The molecule has 1 aromatic heterocycles. The lowest BCUT2D eigenvalue weighted by molar-refractivity contribution is 0.0527. The molecule has 2 aromatic rings. The Bertz CT molecular complexity index is 1070. The van der Waals surface area contributed by atoms with Gasteiger partial charge in [0.15, 0.2) is 5.11 Å². The second-order valence-electron chi connectivity index (χ2n) is 6.08. The van der Waals surface area contributed by atoms with Crippen LogP contribution >= 0.6 is 55.4 Å². The van der Waals surface area contributed by atoms with E-state index in [1.54, 1.807) is 32.9 Å². The predicted molar refractivity (Wildman–Crippen MR) is 133 cm³/mol. The Labute approximate surface area is 211 Å². The third-order valence-corrected chi connectivity index (χ3v) is 6.44. The number of methoxy groups -OCH3 is 1. The van der Waals surface area contributed by atoms with E-state index < -0.39 is 17.8 Å². The number of hydrogen-bond donors (Lipinski definition) is 2. The van der Waals surface area contributed by atoms with Crippen molar-refractivity contribution >= 4 is 83.4 Å². The highest BCUT2D eigenvalue weighted by molar-refractivity contribution is 9.11. The van der Waals surface area contributed by atoms with Crippen LogP contribution in [0.2, 0.25) is 0 Å². The lowest BCUT2D eigenvalue weighted by atomic mass is 10.1. The molecule has 172 valence electrons. The summed E-state index contributed by atoms with van der Waals surface area (Å²) < 4.78 is 16.7. The van der Waals surface area contributed by atoms with E-state index in [0.29, 0.717) is 20.3 Å². The maximum Gasteiger partial charge on any atom is 0.348 e. The van der Waals surface area contributed by atoms with Gasteiger partial charge in [0.25, 0.3) is 5.91 Å². The molecule has 1 amide bonds. The molecule has 2 N–H and O–H groups in total. The van der Waals surface area contributed by atoms with Gasteiger partial charge in [-0.3, -0.25) is 10.1 Å². The number of esters is 2. The molecule has 0 spiro atoms. The number of benzene rings is 1. The summed E-state index contributed by atoms with van der Waals surface area (Å²) >= 11 is 12.9. The molecule has 12 heteroatoms. The molecule has 0 saturated carbocycles. The third-order valence-electron chi connectivity index (χ3n) is 4.00. The van der Waals surface area contributed by atoms with Gasteiger partial charge in [-0.25, -0.2) is 9.59 Å². The quantitative estimate of drug-likeness (QED) is 0.332. The predicted octanol–water partition coefficient (Wildman–Crippen LogP) is 5.07. The van der Waals surface area contributed by atoms with Gasteiger partial charge in [0.2, 0.25) is 0 Å². The molecule has 1 aromatic carbocycles. The minimum Gasteiger partial charge on any atom is -0.495 e. The highest BCUT2D eigenvalue weighted by atomic mass is 79.9. The van der Waals surface area contributed by atoms with Gasteiger partial charge < -0.3 is 19.5 Å². The lowest BCUT2D eigenvalue weighted by Gasteiger charge is -2.13. The number of carbonyl (C=O) groups is 3. The lowest BCUT2D eigenvalue weighted by Crippen LogP contribution is -2.34. The van der Waals surface area contributed by atoms with Crippen molar-refractivity contribution in [3.63, 3.8) is 0 Å². The van der Waals surface area contributed by atoms with E-state index in [0.717, 1.165) is 11.3 Å². The molecule has 8 nitrogen and oxygen atoms in total. The molecule has 0 radical (unpaired) electrons. The number of amides is 1. The number of ether oxygens (including phenoxy) is 3. The van der Waals surface area contributed by atoms with Crippen LogP contribution in [-0.2, 0) is 9.47 Å². The van der Waals surface area contributed by atoms with E-state index in [9.17, 15) is 14.4 Å². The van der Waals surface area contributed by atoms with Crippen molar-refractivity contribution in [1.82, 2.24) is 5.32 Å². The Morgan fingerprint density at radius 2 is 1.72 bits per heavy atom. The number of carbonyl (C=O) groups excluding carboxylic acids is 3. The highest BCUT2D eigenvalue weighted by Crippen LogP contribution is 2.35. The van der Waals surface area contributed by atoms with Gasteiger partial charge in [0.1, 0.15) is 15.6 Å².